The second kappa shape index (κ2) is 6.09. The summed E-state index contributed by atoms with van der Waals surface area (Å²) in [6.45, 7) is 1.57. The Bertz CT molecular complexity index is 392. The molecule has 0 heterocycles. The van der Waals surface area contributed by atoms with E-state index in [1.54, 1.807) is 6.07 Å². The number of hydrogen-bond acceptors (Lipinski definition) is 2. The maximum absolute atomic E-state index is 13.4. The minimum Gasteiger partial charge on any atom is -0.488 e. The summed E-state index contributed by atoms with van der Waals surface area (Å²) in [4.78, 5) is 0. The Kier molecular flexibility index (Phi) is 5.06. The van der Waals surface area contributed by atoms with Gasteiger partial charge >= 0.3 is 0 Å². The van der Waals surface area contributed by atoms with Gasteiger partial charge in [-0.3, -0.25) is 0 Å². The Morgan fingerprint density at radius 2 is 2.31 bits per heavy atom. The molecule has 0 unspecified atom stereocenters. The van der Waals surface area contributed by atoms with E-state index in [-0.39, 0.29) is 12.2 Å². The zero-order chi connectivity index (χ0) is 12.1. The number of aliphatic hydroxyl groups excluding tert-OH is 1. The van der Waals surface area contributed by atoms with E-state index < -0.39 is 11.9 Å². The summed E-state index contributed by atoms with van der Waals surface area (Å²) in [6, 6.07) is 4.22. The third-order valence-corrected chi connectivity index (χ3v) is 2.51. The van der Waals surface area contributed by atoms with E-state index in [1.165, 1.54) is 24.6 Å². The lowest BCUT2D eigenvalue weighted by Gasteiger charge is -2.09. The molecule has 1 aromatic rings. The fourth-order valence-electron chi connectivity index (χ4n) is 1.12. The van der Waals surface area contributed by atoms with Crippen molar-refractivity contribution in [1.82, 2.24) is 0 Å². The van der Waals surface area contributed by atoms with Gasteiger partial charge in [0.1, 0.15) is 18.2 Å². The van der Waals surface area contributed by atoms with Crippen molar-refractivity contribution < 1.29 is 14.2 Å². The molecule has 0 aliphatic heterocycles. The zero-order valence-electron chi connectivity index (χ0n) is 8.58. The van der Waals surface area contributed by atoms with Gasteiger partial charge in [0.05, 0.1) is 11.1 Å². The molecule has 1 aromatic carbocycles. The van der Waals surface area contributed by atoms with Crippen LogP contribution in [0.1, 0.15) is 18.6 Å². The van der Waals surface area contributed by atoms with Gasteiger partial charge in [0, 0.05) is 17.2 Å². The topological polar surface area (TPSA) is 29.5 Å². The molecule has 0 aliphatic carbocycles. The highest BCUT2D eigenvalue weighted by Crippen LogP contribution is 2.22. The van der Waals surface area contributed by atoms with E-state index >= 15 is 0 Å². The Morgan fingerprint density at radius 1 is 1.62 bits per heavy atom. The summed E-state index contributed by atoms with van der Waals surface area (Å²) in [5.41, 5.74) is 1.41. The third-order valence-electron chi connectivity index (χ3n) is 1.92. The van der Waals surface area contributed by atoms with Crippen LogP contribution < -0.4 is 4.74 Å². The molecule has 1 rings (SSSR count). The maximum atomic E-state index is 13.4. The van der Waals surface area contributed by atoms with Gasteiger partial charge in [-0.05, 0) is 19.1 Å². The van der Waals surface area contributed by atoms with Crippen LogP contribution in [0.15, 0.2) is 28.8 Å². The van der Waals surface area contributed by atoms with Gasteiger partial charge in [-0.25, -0.2) is 4.39 Å². The summed E-state index contributed by atoms with van der Waals surface area (Å²) >= 11 is 10.9. The van der Waals surface area contributed by atoms with Gasteiger partial charge in [0.25, 0.3) is 0 Å². The van der Waals surface area contributed by atoms with Crippen molar-refractivity contribution in [3.63, 3.8) is 0 Å². The van der Waals surface area contributed by atoms with Crippen LogP contribution in [0.3, 0.4) is 0 Å². The average Bonchev–Trinajstić information content (AvgIpc) is 2.25. The van der Waals surface area contributed by atoms with Gasteiger partial charge in [-0.15, -0.1) is 0 Å². The quantitative estimate of drug-likeness (QED) is 0.901. The minimum absolute atomic E-state index is 0.0819. The largest absolute Gasteiger partial charge is 0.488 e. The predicted molar refractivity (Wildman–Crippen MR) is 62.3 cm³/mol. The zero-order valence-corrected chi connectivity index (χ0v) is 10.1. The molecule has 0 radical (unpaired) electrons. The normalized spacial score (nSPS) is 13.7. The Morgan fingerprint density at radius 3 is 2.81 bits per heavy atom. The summed E-state index contributed by atoms with van der Waals surface area (Å²) in [6.07, 6.45) is -0.847. The fourth-order valence-corrected chi connectivity index (χ4v) is 1.24. The lowest BCUT2D eigenvalue weighted by atomic mass is 10.1. The molecule has 1 atom stereocenters. The molecule has 0 aromatic heterocycles. The highest BCUT2D eigenvalue weighted by atomic mass is 35.5. The van der Waals surface area contributed by atoms with Crippen LogP contribution >= 0.6 is 23.2 Å². The molecule has 5 heteroatoms. The van der Waals surface area contributed by atoms with Crippen LogP contribution in [-0.2, 0) is 0 Å². The van der Waals surface area contributed by atoms with Crippen molar-refractivity contribution in [2.24, 2.45) is 0 Å². The summed E-state index contributed by atoms with van der Waals surface area (Å²) in [7, 11) is 0. The predicted octanol–water partition coefficient (Wildman–Crippen LogP) is 3.58. The second-order valence-corrected chi connectivity index (χ2v) is 3.91. The lowest BCUT2D eigenvalue weighted by molar-refractivity contribution is 0.194. The number of benzene rings is 1. The van der Waals surface area contributed by atoms with Crippen molar-refractivity contribution in [3.05, 3.63) is 40.1 Å². The fraction of sp³-hybridized carbons (Fsp3) is 0.273. The van der Waals surface area contributed by atoms with Crippen LogP contribution in [0.5, 0.6) is 5.75 Å². The van der Waals surface area contributed by atoms with E-state index in [4.69, 9.17) is 27.9 Å². The van der Waals surface area contributed by atoms with Crippen molar-refractivity contribution >= 4 is 23.2 Å². The van der Waals surface area contributed by atoms with Crippen molar-refractivity contribution in [3.8, 4) is 5.75 Å². The highest BCUT2D eigenvalue weighted by Gasteiger charge is 2.09. The van der Waals surface area contributed by atoms with Crippen LogP contribution in [0.2, 0.25) is 0 Å². The smallest absolute Gasteiger partial charge is 0.132 e. The van der Waals surface area contributed by atoms with Gasteiger partial charge in [-0.1, -0.05) is 23.2 Å². The first-order valence-corrected chi connectivity index (χ1v) is 5.41. The minimum atomic E-state index is -0.847. The highest BCUT2D eigenvalue weighted by molar-refractivity contribution is 6.36. The molecular weight excluding hydrogens is 254 g/mol. The molecular formula is C11H11Cl2FO2. The van der Waals surface area contributed by atoms with Gasteiger partial charge in [0.15, 0.2) is 0 Å². The number of hydrogen-bond donors (Lipinski definition) is 1. The molecule has 0 amide bonds. The van der Waals surface area contributed by atoms with Crippen molar-refractivity contribution in [2.75, 3.05) is 6.61 Å². The van der Waals surface area contributed by atoms with Gasteiger partial charge in [0.2, 0.25) is 0 Å². The molecule has 2 nitrogen and oxygen atoms in total. The van der Waals surface area contributed by atoms with Gasteiger partial charge in [-0.2, -0.15) is 0 Å². The molecule has 0 aliphatic rings. The lowest BCUT2D eigenvalue weighted by Crippen LogP contribution is -2.00. The average molecular weight is 265 g/mol. The van der Waals surface area contributed by atoms with E-state index in [2.05, 4.69) is 0 Å². The maximum Gasteiger partial charge on any atom is 0.132 e. The summed E-state index contributed by atoms with van der Waals surface area (Å²) < 4.78 is 18.6. The monoisotopic (exact) mass is 264 g/mol. The molecule has 0 saturated carbocycles. The molecule has 0 spiro atoms. The first kappa shape index (κ1) is 13.3. The van der Waals surface area contributed by atoms with Crippen LogP contribution in [-0.4, -0.2) is 11.7 Å². The summed E-state index contributed by atoms with van der Waals surface area (Å²) in [5, 5.41) is 9.54. The number of halogens is 3. The second-order valence-electron chi connectivity index (χ2n) is 3.20. The standard InChI is InChI=1S/C11H11Cl2FO2/c1-7(15)10-3-2-9(4-11(10)14)16-6-8(13)5-12/h2-5,7,15H,6H2,1H3/b8-5-/t7-/m1/s1. The van der Waals surface area contributed by atoms with Crippen LogP contribution in [0.4, 0.5) is 4.39 Å². The first-order valence-electron chi connectivity index (χ1n) is 4.59. The molecule has 16 heavy (non-hydrogen) atoms. The van der Waals surface area contributed by atoms with E-state index in [9.17, 15) is 9.50 Å². The van der Waals surface area contributed by atoms with E-state index in [1.807, 2.05) is 0 Å². The molecule has 0 fully saturated rings. The Balaban J connectivity index is 2.74. The molecule has 0 bridgehead atoms. The van der Waals surface area contributed by atoms with Crippen LogP contribution in [0.25, 0.3) is 0 Å². The third kappa shape index (κ3) is 3.67. The molecule has 88 valence electrons. The molecule has 0 saturated heterocycles. The van der Waals surface area contributed by atoms with Crippen molar-refractivity contribution in [1.29, 1.82) is 0 Å². The Labute approximate surface area is 103 Å². The van der Waals surface area contributed by atoms with Gasteiger partial charge < -0.3 is 9.84 Å². The molecule has 1 N–H and O–H groups in total. The van der Waals surface area contributed by atoms with E-state index in [0.29, 0.717) is 10.8 Å². The van der Waals surface area contributed by atoms with Crippen molar-refractivity contribution in [2.45, 2.75) is 13.0 Å². The summed E-state index contributed by atoms with van der Waals surface area (Å²) in [5.74, 6) is -0.183. The number of ether oxygens (including phenoxy) is 1. The number of aliphatic hydroxyl groups is 1. The number of rotatable bonds is 4. The van der Waals surface area contributed by atoms with E-state index in [0.717, 1.165) is 0 Å². The van der Waals surface area contributed by atoms with Crippen LogP contribution in [0, 0.1) is 5.82 Å². The Hall–Kier alpha value is -0.770. The SMILES string of the molecule is C[C@@H](O)c1ccc(OC/C(Cl)=C/Cl)cc1F. The first-order chi connectivity index (χ1) is 7.54.